The molecule has 0 aromatic carbocycles. The zero-order valence-electron chi connectivity index (χ0n) is 15.1. The molecule has 0 saturated carbocycles. The van der Waals surface area contributed by atoms with Crippen LogP contribution in [0.25, 0.3) is 0 Å². The number of hydrogen-bond donors (Lipinski definition) is 3. The summed E-state index contributed by atoms with van der Waals surface area (Å²) in [6, 6.07) is 0.202. The number of aliphatic hydroxyl groups is 1. The molecule has 0 radical (unpaired) electrons. The van der Waals surface area contributed by atoms with Crippen LogP contribution in [0.1, 0.15) is 38.5 Å². The Morgan fingerprint density at radius 3 is 2.88 bits per heavy atom. The normalized spacial score (nSPS) is 34.6. The highest BCUT2D eigenvalue weighted by Crippen LogP contribution is 2.23. The first-order chi connectivity index (χ1) is 12.2. The van der Waals surface area contributed by atoms with Gasteiger partial charge in [-0.05, 0) is 38.8 Å². The van der Waals surface area contributed by atoms with E-state index in [1.807, 2.05) is 0 Å². The number of fused-ring (bicyclic) bond motifs is 1. The van der Waals surface area contributed by atoms with Gasteiger partial charge in [0.25, 0.3) is 0 Å². The van der Waals surface area contributed by atoms with Crippen molar-refractivity contribution in [2.24, 2.45) is 0 Å². The number of ether oxygens (including phenoxy) is 2. The van der Waals surface area contributed by atoms with Gasteiger partial charge in [0.1, 0.15) is 0 Å². The predicted octanol–water partition coefficient (Wildman–Crippen LogP) is -0.124. The molecule has 3 saturated heterocycles. The van der Waals surface area contributed by atoms with Gasteiger partial charge in [0.15, 0.2) is 0 Å². The molecule has 25 heavy (non-hydrogen) atoms. The SMILES string of the molecule is O=C(C[C@H]1CC[C@@H]2NC[C@@H](O)COC[C@H]2O1)NCCN1CCCCC1. The van der Waals surface area contributed by atoms with E-state index in [0.717, 1.165) is 39.0 Å². The van der Waals surface area contributed by atoms with Crippen LogP contribution in [0, 0.1) is 0 Å². The summed E-state index contributed by atoms with van der Waals surface area (Å²) in [7, 11) is 0. The van der Waals surface area contributed by atoms with Crippen molar-refractivity contribution < 1.29 is 19.4 Å². The molecule has 3 heterocycles. The van der Waals surface area contributed by atoms with E-state index < -0.39 is 6.10 Å². The Labute approximate surface area is 150 Å². The molecular weight excluding hydrogens is 322 g/mol. The second kappa shape index (κ2) is 9.83. The van der Waals surface area contributed by atoms with E-state index in [2.05, 4.69) is 15.5 Å². The van der Waals surface area contributed by atoms with Gasteiger partial charge in [-0.15, -0.1) is 0 Å². The van der Waals surface area contributed by atoms with Crippen molar-refractivity contribution in [3.8, 4) is 0 Å². The fourth-order valence-corrected chi connectivity index (χ4v) is 3.98. The number of amides is 1. The molecule has 3 aliphatic rings. The zero-order chi connectivity index (χ0) is 17.5. The molecule has 7 nitrogen and oxygen atoms in total. The summed E-state index contributed by atoms with van der Waals surface area (Å²) in [6.07, 6.45) is 5.60. The Balaban J connectivity index is 1.34. The fourth-order valence-electron chi connectivity index (χ4n) is 3.98. The molecule has 0 unspecified atom stereocenters. The lowest BCUT2D eigenvalue weighted by Gasteiger charge is -2.38. The van der Waals surface area contributed by atoms with E-state index in [1.54, 1.807) is 0 Å². The third-order valence-corrected chi connectivity index (χ3v) is 5.44. The molecule has 3 aliphatic heterocycles. The van der Waals surface area contributed by atoms with E-state index in [-0.39, 0.29) is 24.2 Å². The molecule has 0 aromatic heterocycles. The summed E-state index contributed by atoms with van der Waals surface area (Å²) >= 11 is 0. The van der Waals surface area contributed by atoms with Crippen LogP contribution in [0.3, 0.4) is 0 Å². The molecular formula is C18H33N3O4. The zero-order valence-corrected chi connectivity index (χ0v) is 15.1. The minimum Gasteiger partial charge on any atom is -0.389 e. The van der Waals surface area contributed by atoms with Crippen LogP contribution in [0.4, 0.5) is 0 Å². The van der Waals surface area contributed by atoms with Crippen LogP contribution >= 0.6 is 0 Å². The van der Waals surface area contributed by atoms with Crippen LogP contribution < -0.4 is 10.6 Å². The Hall–Kier alpha value is -0.730. The number of β-amino-alcohol motifs (C(OH)–C–C–N with tert-alkyl or cyclic N) is 1. The molecule has 144 valence electrons. The number of carbonyl (C=O) groups excluding carboxylic acids is 1. The van der Waals surface area contributed by atoms with Gasteiger partial charge in [-0.3, -0.25) is 4.79 Å². The van der Waals surface area contributed by atoms with E-state index in [4.69, 9.17) is 9.47 Å². The van der Waals surface area contributed by atoms with Crippen LogP contribution in [0.5, 0.6) is 0 Å². The van der Waals surface area contributed by atoms with Gasteiger partial charge < -0.3 is 30.1 Å². The van der Waals surface area contributed by atoms with Gasteiger partial charge in [-0.1, -0.05) is 6.42 Å². The van der Waals surface area contributed by atoms with E-state index in [0.29, 0.717) is 26.2 Å². The summed E-state index contributed by atoms with van der Waals surface area (Å²) in [5.74, 6) is 0.0793. The Morgan fingerprint density at radius 2 is 2.04 bits per heavy atom. The number of rotatable bonds is 5. The van der Waals surface area contributed by atoms with Crippen LogP contribution in [0.15, 0.2) is 0 Å². The molecule has 3 fully saturated rings. The summed E-state index contributed by atoms with van der Waals surface area (Å²) in [6.45, 7) is 5.33. The van der Waals surface area contributed by atoms with Crippen molar-refractivity contribution in [2.75, 3.05) is 45.9 Å². The standard InChI is InChI=1S/C18H33N3O4/c22-14-11-20-16-5-4-15(25-17(16)13-24-12-14)10-18(23)19-6-9-21-7-2-1-3-8-21/h14-17,20,22H,1-13H2,(H,19,23)/t14-,15-,16+,17-/m1/s1. The molecule has 0 bridgehead atoms. The molecule has 3 N–H and O–H groups in total. The van der Waals surface area contributed by atoms with E-state index >= 15 is 0 Å². The monoisotopic (exact) mass is 355 g/mol. The highest BCUT2D eigenvalue weighted by Gasteiger charge is 2.33. The predicted molar refractivity (Wildman–Crippen MR) is 94.4 cm³/mol. The fraction of sp³-hybridized carbons (Fsp3) is 0.944. The lowest BCUT2D eigenvalue weighted by molar-refractivity contribution is -0.137. The summed E-state index contributed by atoms with van der Waals surface area (Å²) in [5.41, 5.74) is 0. The quantitative estimate of drug-likeness (QED) is 0.638. The first-order valence-corrected chi connectivity index (χ1v) is 9.84. The third kappa shape index (κ3) is 6.18. The molecule has 4 atom stereocenters. The van der Waals surface area contributed by atoms with Crippen LogP contribution in [-0.4, -0.2) is 86.2 Å². The third-order valence-electron chi connectivity index (χ3n) is 5.44. The van der Waals surface area contributed by atoms with E-state index in [1.165, 1.54) is 19.3 Å². The number of piperidine rings is 1. The van der Waals surface area contributed by atoms with Crippen molar-refractivity contribution in [3.63, 3.8) is 0 Å². The second-order valence-electron chi connectivity index (χ2n) is 7.54. The van der Waals surface area contributed by atoms with Crippen molar-refractivity contribution in [1.82, 2.24) is 15.5 Å². The smallest absolute Gasteiger partial charge is 0.222 e. The highest BCUT2D eigenvalue weighted by molar-refractivity contribution is 5.76. The van der Waals surface area contributed by atoms with Gasteiger partial charge in [-0.2, -0.15) is 0 Å². The number of hydrogen-bond acceptors (Lipinski definition) is 6. The average molecular weight is 355 g/mol. The van der Waals surface area contributed by atoms with Gasteiger partial charge >= 0.3 is 0 Å². The number of nitrogens with one attached hydrogen (secondary N) is 2. The minimum atomic E-state index is -0.454. The average Bonchev–Trinajstić information content (AvgIpc) is 2.60. The van der Waals surface area contributed by atoms with Crippen molar-refractivity contribution in [3.05, 3.63) is 0 Å². The van der Waals surface area contributed by atoms with Gasteiger partial charge in [-0.25, -0.2) is 0 Å². The van der Waals surface area contributed by atoms with Gasteiger partial charge in [0.05, 0.1) is 37.9 Å². The van der Waals surface area contributed by atoms with Crippen molar-refractivity contribution in [2.45, 2.75) is 62.9 Å². The largest absolute Gasteiger partial charge is 0.389 e. The molecule has 3 rings (SSSR count). The molecule has 1 amide bonds. The van der Waals surface area contributed by atoms with Crippen LogP contribution in [-0.2, 0) is 14.3 Å². The summed E-state index contributed by atoms with van der Waals surface area (Å²) in [5, 5.41) is 16.1. The molecule has 0 spiro atoms. The van der Waals surface area contributed by atoms with Crippen molar-refractivity contribution >= 4 is 5.91 Å². The number of likely N-dealkylation sites (tertiary alicyclic amines) is 1. The summed E-state index contributed by atoms with van der Waals surface area (Å²) < 4.78 is 11.6. The molecule has 0 aromatic rings. The lowest BCUT2D eigenvalue weighted by atomic mass is 9.96. The maximum atomic E-state index is 12.2. The molecule has 0 aliphatic carbocycles. The number of carbonyl (C=O) groups is 1. The van der Waals surface area contributed by atoms with Crippen molar-refractivity contribution in [1.29, 1.82) is 0 Å². The highest BCUT2D eigenvalue weighted by atomic mass is 16.5. The van der Waals surface area contributed by atoms with E-state index in [9.17, 15) is 9.90 Å². The van der Waals surface area contributed by atoms with Gasteiger partial charge in [0, 0.05) is 25.7 Å². The van der Waals surface area contributed by atoms with Gasteiger partial charge in [0.2, 0.25) is 5.91 Å². The minimum absolute atomic E-state index is 0.0348. The second-order valence-corrected chi connectivity index (χ2v) is 7.54. The molecule has 7 heteroatoms. The maximum absolute atomic E-state index is 12.2. The number of aliphatic hydroxyl groups excluding tert-OH is 1. The first-order valence-electron chi connectivity index (χ1n) is 9.84. The number of nitrogens with zero attached hydrogens (tertiary/aromatic N) is 1. The Kier molecular flexibility index (Phi) is 7.49. The first kappa shape index (κ1) is 19.0. The Bertz CT molecular complexity index is 417. The van der Waals surface area contributed by atoms with Crippen LogP contribution in [0.2, 0.25) is 0 Å². The topological polar surface area (TPSA) is 83.1 Å². The lowest BCUT2D eigenvalue weighted by Crippen LogP contribution is -2.54. The Morgan fingerprint density at radius 1 is 1.20 bits per heavy atom. The summed E-state index contributed by atoms with van der Waals surface area (Å²) in [4.78, 5) is 14.6. The maximum Gasteiger partial charge on any atom is 0.222 e.